The lowest BCUT2D eigenvalue weighted by molar-refractivity contribution is 0.0555. The van der Waals surface area contributed by atoms with Crippen molar-refractivity contribution in [3.05, 3.63) is 35.4 Å². The Labute approximate surface area is 97.1 Å². The molecule has 0 radical (unpaired) electrons. The number of aliphatic hydroxyl groups excluding tert-OH is 1. The van der Waals surface area contributed by atoms with Gasteiger partial charge < -0.3 is 15.5 Å². The van der Waals surface area contributed by atoms with Crippen LogP contribution in [0.1, 0.15) is 31.4 Å². The van der Waals surface area contributed by atoms with Gasteiger partial charge in [0.05, 0.1) is 12.2 Å². The zero-order valence-electron chi connectivity index (χ0n) is 10.0. The summed E-state index contributed by atoms with van der Waals surface area (Å²) in [6, 6.07) is 7.79. The number of hydrogen-bond acceptors (Lipinski definition) is 3. The van der Waals surface area contributed by atoms with E-state index >= 15 is 0 Å². The molecular weight excluding hydrogens is 202 g/mol. The van der Waals surface area contributed by atoms with Gasteiger partial charge in [0.15, 0.2) is 0 Å². The van der Waals surface area contributed by atoms with E-state index in [0.29, 0.717) is 6.54 Å². The van der Waals surface area contributed by atoms with Crippen LogP contribution in [0.2, 0.25) is 0 Å². The first-order valence-corrected chi connectivity index (χ1v) is 5.69. The summed E-state index contributed by atoms with van der Waals surface area (Å²) in [4.78, 5) is 0. The number of hydrogen-bond donors (Lipinski definition) is 3. The summed E-state index contributed by atoms with van der Waals surface area (Å²) in [6.07, 6.45) is 0.740. The van der Waals surface area contributed by atoms with Crippen LogP contribution in [0.25, 0.3) is 0 Å². The van der Waals surface area contributed by atoms with Gasteiger partial charge >= 0.3 is 0 Å². The molecule has 0 amide bonds. The Morgan fingerprint density at radius 1 is 1.19 bits per heavy atom. The van der Waals surface area contributed by atoms with Gasteiger partial charge in [0.2, 0.25) is 0 Å². The Kier molecular flexibility index (Phi) is 4.93. The third-order valence-electron chi connectivity index (χ3n) is 2.80. The van der Waals surface area contributed by atoms with E-state index in [2.05, 4.69) is 5.32 Å². The maximum atomic E-state index is 9.79. The van der Waals surface area contributed by atoms with Gasteiger partial charge in [-0.05, 0) is 24.5 Å². The van der Waals surface area contributed by atoms with Gasteiger partial charge in [-0.1, -0.05) is 31.2 Å². The van der Waals surface area contributed by atoms with Crippen molar-refractivity contribution >= 4 is 0 Å². The van der Waals surface area contributed by atoms with Gasteiger partial charge in [-0.2, -0.15) is 0 Å². The highest BCUT2D eigenvalue weighted by molar-refractivity contribution is 5.21. The fraction of sp³-hybridized carbons (Fsp3) is 0.538. The molecular formula is C13H21NO2. The summed E-state index contributed by atoms with van der Waals surface area (Å²) in [6.45, 7) is 5.21. The minimum Gasteiger partial charge on any atom is -0.392 e. The monoisotopic (exact) mass is 223 g/mol. The lowest BCUT2D eigenvalue weighted by Crippen LogP contribution is -2.36. The minimum atomic E-state index is -0.634. The third kappa shape index (κ3) is 4.31. The molecule has 1 aromatic carbocycles. The van der Waals surface area contributed by atoms with Crippen molar-refractivity contribution < 1.29 is 10.2 Å². The lowest BCUT2D eigenvalue weighted by Gasteiger charge is -2.21. The SMILES string of the molecule is CCC(C)(O)CNCc1ccc(CO)cc1. The second-order valence-corrected chi connectivity index (χ2v) is 4.43. The molecule has 90 valence electrons. The predicted octanol–water partition coefficient (Wildman–Crippen LogP) is 1.43. The second-order valence-electron chi connectivity index (χ2n) is 4.43. The fourth-order valence-electron chi connectivity index (χ4n) is 1.36. The van der Waals surface area contributed by atoms with Crippen LogP contribution in [0.5, 0.6) is 0 Å². The molecule has 1 atom stereocenters. The molecule has 3 nitrogen and oxygen atoms in total. The molecule has 3 N–H and O–H groups in total. The van der Waals surface area contributed by atoms with E-state index < -0.39 is 5.60 Å². The van der Waals surface area contributed by atoms with Gasteiger partial charge in [-0.25, -0.2) is 0 Å². The molecule has 0 aliphatic heterocycles. The third-order valence-corrected chi connectivity index (χ3v) is 2.80. The van der Waals surface area contributed by atoms with Crippen molar-refractivity contribution in [1.29, 1.82) is 0 Å². The van der Waals surface area contributed by atoms with E-state index in [-0.39, 0.29) is 6.61 Å². The van der Waals surface area contributed by atoms with Crippen molar-refractivity contribution in [2.24, 2.45) is 0 Å². The van der Waals surface area contributed by atoms with Crippen LogP contribution in [0, 0.1) is 0 Å². The van der Waals surface area contributed by atoms with Gasteiger partial charge in [0.1, 0.15) is 0 Å². The maximum absolute atomic E-state index is 9.79. The number of benzene rings is 1. The molecule has 0 bridgehead atoms. The zero-order chi connectivity index (χ0) is 12.0. The van der Waals surface area contributed by atoms with Crippen LogP contribution < -0.4 is 5.32 Å². The quantitative estimate of drug-likeness (QED) is 0.684. The van der Waals surface area contributed by atoms with Gasteiger partial charge in [0.25, 0.3) is 0 Å². The molecule has 0 aliphatic carbocycles. The predicted molar refractivity (Wildman–Crippen MR) is 65.0 cm³/mol. The van der Waals surface area contributed by atoms with Crippen molar-refractivity contribution in [3.8, 4) is 0 Å². The molecule has 0 spiro atoms. The van der Waals surface area contributed by atoms with Crippen LogP contribution in [0.3, 0.4) is 0 Å². The molecule has 0 aliphatic rings. The molecule has 1 unspecified atom stereocenters. The van der Waals surface area contributed by atoms with Crippen molar-refractivity contribution in [3.63, 3.8) is 0 Å². The van der Waals surface area contributed by atoms with Crippen LogP contribution in [-0.2, 0) is 13.2 Å². The van der Waals surface area contributed by atoms with E-state index in [9.17, 15) is 5.11 Å². The van der Waals surface area contributed by atoms with E-state index in [1.54, 1.807) is 0 Å². The number of nitrogens with one attached hydrogen (secondary N) is 1. The first-order valence-electron chi connectivity index (χ1n) is 5.69. The molecule has 16 heavy (non-hydrogen) atoms. The Hall–Kier alpha value is -0.900. The summed E-state index contributed by atoms with van der Waals surface area (Å²) in [5.41, 5.74) is 1.44. The van der Waals surface area contributed by atoms with Crippen molar-refractivity contribution in [1.82, 2.24) is 5.32 Å². The van der Waals surface area contributed by atoms with Crippen LogP contribution in [0.15, 0.2) is 24.3 Å². The Morgan fingerprint density at radius 2 is 1.75 bits per heavy atom. The molecule has 0 saturated carbocycles. The Bertz CT molecular complexity index is 306. The maximum Gasteiger partial charge on any atom is 0.0741 e. The highest BCUT2D eigenvalue weighted by Gasteiger charge is 2.15. The average Bonchev–Trinajstić information content (AvgIpc) is 2.30. The minimum absolute atomic E-state index is 0.0816. The largest absolute Gasteiger partial charge is 0.392 e. The Morgan fingerprint density at radius 3 is 2.25 bits per heavy atom. The molecule has 0 aromatic heterocycles. The van der Waals surface area contributed by atoms with Crippen LogP contribution >= 0.6 is 0 Å². The lowest BCUT2D eigenvalue weighted by atomic mass is 10.0. The van der Waals surface area contributed by atoms with Crippen LogP contribution in [0.4, 0.5) is 0 Å². The van der Waals surface area contributed by atoms with Gasteiger partial charge in [0, 0.05) is 13.1 Å². The normalized spacial score (nSPS) is 14.8. The first-order chi connectivity index (χ1) is 7.57. The molecule has 3 heteroatoms. The van der Waals surface area contributed by atoms with E-state index in [1.165, 1.54) is 0 Å². The smallest absolute Gasteiger partial charge is 0.0741 e. The number of rotatable bonds is 6. The molecule has 0 fully saturated rings. The standard InChI is InChI=1S/C13H21NO2/c1-3-13(2,16)10-14-8-11-4-6-12(9-15)7-5-11/h4-7,14-16H,3,8-10H2,1-2H3. The van der Waals surface area contributed by atoms with E-state index in [0.717, 1.165) is 24.1 Å². The number of aliphatic hydroxyl groups is 2. The van der Waals surface area contributed by atoms with Crippen molar-refractivity contribution in [2.45, 2.75) is 39.0 Å². The van der Waals surface area contributed by atoms with E-state index in [4.69, 9.17) is 5.11 Å². The van der Waals surface area contributed by atoms with Crippen molar-refractivity contribution in [2.75, 3.05) is 6.54 Å². The molecule has 1 rings (SSSR count). The highest BCUT2D eigenvalue weighted by Crippen LogP contribution is 2.07. The summed E-state index contributed by atoms with van der Waals surface area (Å²) >= 11 is 0. The Balaban J connectivity index is 2.37. The van der Waals surface area contributed by atoms with Gasteiger partial charge in [-0.15, -0.1) is 0 Å². The first kappa shape index (κ1) is 13.2. The van der Waals surface area contributed by atoms with Gasteiger partial charge in [-0.3, -0.25) is 0 Å². The average molecular weight is 223 g/mol. The van der Waals surface area contributed by atoms with E-state index in [1.807, 2.05) is 38.1 Å². The summed E-state index contributed by atoms with van der Waals surface area (Å²) in [5.74, 6) is 0. The summed E-state index contributed by atoms with van der Waals surface area (Å²) in [5, 5.41) is 21.9. The molecule has 1 aromatic rings. The molecule has 0 saturated heterocycles. The van der Waals surface area contributed by atoms with Crippen LogP contribution in [-0.4, -0.2) is 22.4 Å². The molecule has 0 heterocycles. The second kappa shape index (κ2) is 5.99. The zero-order valence-corrected chi connectivity index (χ0v) is 10.0. The summed E-state index contributed by atoms with van der Waals surface area (Å²) < 4.78 is 0. The fourth-order valence-corrected chi connectivity index (χ4v) is 1.36. The highest BCUT2D eigenvalue weighted by atomic mass is 16.3. The summed E-state index contributed by atoms with van der Waals surface area (Å²) in [7, 11) is 0. The topological polar surface area (TPSA) is 52.5 Å².